The number of fused-ring (bicyclic) bond motifs is 3. The van der Waals surface area contributed by atoms with Crippen molar-refractivity contribution in [3.63, 3.8) is 0 Å². The van der Waals surface area contributed by atoms with Gasteiger partial charge in [0.15, 0.2) is 8.07 Å². The summed E-state index contributed by atoms with van der Waals surface area (Å²) in [5, 5.41) is 8.06. The summed E-state index contributed by atoms with van der Waals surface area (Å²) >= 11 is 1.87. The minimum atomic E-state index is -2.74. The van der Waals surface area contributed by atoms with Gasteiger partial charge < -0.3 is 9.31 Å². The van der Waals surface area contributed by atoms with Crippen LogP contribution in [0.4, 0.5) is 0 Å². The Morgan fingerprint density at radius 1 is 0.512 bits per heavy atom. The molecule has 2 heterocycles. The van der Waals surface area contributed by atoms with Crippen molar-refractivity contribution >= 4 is 72.9 Å². The van der Waals surface area contributed by atoms with Gasteiger partial charge in [-0.2, -0.15) is 0 Å². The summed E-state index contributed by atoms with van der Waals surface area (Å²) in [7, 11) is -3.15. The zero-order chi connectivity index (χ0) is 28.2. The molecule has 6 aromatic rings. The second-order valence-electron chi connectivity index (χ2n) is 12.0. The van der Waals surface area contributed by atoms with E-state index in [4.69, 9.17) is 9.31 Å². The van der Waals surface area contributed by atoms with Crippen molar-refractivity contribution in [2.75, 3.05) is 0 Å². The normalized spacial score (nSPS) is 16.4. The van der Waals surface area contributed by atoms with E-state index in [1.54, 1.807) is 0 Å². The molecule has 7 rings (SSSR count). The summed E-state index contributed by atoms with van der Waals surface area (Å²) in [5.41, 5.74) is 0.269. The molecule has 0 N–H and O–H groups in total. The molecule has 1 fully saturated rings. The lowest BCUT2D eigenvalue weighted by Crippen LogP contribution is -2.75. The Balaban J connectivity index is 1.52. The van der Waals surface area contributed by atoms with Crippen molar-refractivity contribution in [3.05, 3.63) is 127 Å². The summed E-state index contributed by atoms with van der Waals surface area (Å²) in [6.07, 6.45) is 0. The molecular formula is C36H33BO2SSi. The Kier molecular flexibility index (Phi) is 6.33. The van der Waals surface area contributed by atoms with Gasteiger partial charge in [0, 0.05) is 20.2 Å². The van der Waals surface area contributed by atoms with Gasteiger partial charge in [-0.25, -0.2) is 0 Å². The second-order valence-corrected chi connectivity index (χ2v) is 16.9. The maximum Gasteiger partial charge on any atom is 0.494 e. The quantitative estimate of drug-likeness (QED) is 0.195. The summed E-state index contributed by atoms with van der Waals surface area (Å²) in [5.74, 6) is 0. The Bertz CT molecular complexity index is 1810. The smallest absolute Gasteiger partial charge is 0.399 e. The molecular weight excluding hydrogens is 535 g/mol. The lowest BCUT2D eigenvalue weighted by atomic mass is 9.79. The van der Waals surface area contributed by atoms with Crippen molar-refractivity contribution in [3.8, 4) is 0 Å². The highest BCUT2D eigenvalue weighted by molar-refractivity contribution is 7.26. The highest BCUT2D eigenvalue weighted by Gasteiger charge is 2.52. The van der Waals surface area contributed by atoms with E-state index < -0.39 is 26.4 Å². The summed E-state index contributed by atoms with van der Waals surface area (Å²) in [6.45, 7) is 8.46. The van der Waals surface area contributed by atoms with Gasteiger partial charge in [-0.1, -0.05) is 115 Å². The van der Waals surface area contributed by atoms with Crippen molar-refractivity contribution in [2.24, 2.45) is 0 Å². The molecule has 1 aliphatic rings. The van der Waals surface area contributed by atoms with Crippen LogP contribution in [-0.2, 0) is 9.31 Å². The van der Waals surface area contributed by atoms with Gasteiger partial charge in [-0.3, -0.25) is 0 Å². The zero-order valence-electron chi connectivity index (χ0n) is 23.9. The molecule has 0 spiro atoms. The molecule has 0 bridgehead atoms. The van der Waals surface area contributed by atoms with E-state index in [0.29, 0.717) is 0 Å². The number of hydrogen-bond acceptors (Lipinski definition) is 3. The molecule has 202 valence electrons. The van der Waals surface area contributed by atoms with E-state index in [1.807, 2.05) is 11.3 Å². The van der Waals surface area contributed by atoms with Gasteiger partial charge >= 0.3 is 7.12 Å². The third-order valence-corrected chi connectivity index (χ3v) is 15.0. The number of thiophene rings is 1. The van der Waals surface area contributed by atoms with E-state index in [-0.39, 0.29) is 0 Å². The fourth-order valence-electron chi connectivity index (χ4n) is 6.23. The van der Waals surface area contributed by atoms with E-state index in [9.17, 15) is 0 Å². The van der Waals surface area contributed by atoms with Gasteiger partial charge in [0.25, 0.3) is 0 Å². The molecule has 0 unspecified atom stereocenters. The largest absolute Gasteiger partial charge is 0.494 e. The fraction of sp³-hybridized carbons (Fsp3) is 0.167. The lowest BCUT2D eigenvalue weighted by Gasteiger charge is -2.35. The van der Waals surface area contributed by atoms with Crippen molar-refractivity contribution in [1.29, 1.82) is 0 Å². The fourth-order valence-corrected chi connectivity index (χ4v) is 12.1. The summed E-state index contributed by atoms with van der Waals surface area (Å²) in [6, 6.07) is 47.2. The first kappa shape index (κ1) is 26.4. The van der Waals surface area contributed by atoms with E-state index in [2.05, 4.69) is 155 Å². The van der Waals surface area contributed by atoms with Crippen LogP contribution in [0.25, 0.3) is 20.2 Å². The van der Waals surface area contributed by atoms with E-state index in [0.717, 1.165) is 5.46 Å². The van der Waals surface area contributed by atoms with Crippen LogP contribution in [0.5, 0.6) is 0 Å². The first-order valence-corrected chi connectivity index (χ1v) is 17.1. The van der Waals surface area contributed by atoms with Gasteiger partial charge in [-0.15, -0.1) is 11.3 Å². The molecule has 0 aliphatic carbocycles. The molecule has 5 heteroatoms. The van der Waals surface area contributed by atoms with Crippen LogP contribution in [0.15, 0.2) is 127 Å². The molecule has 1 aromatic heterocycles. The van der Waals surface area contributed by atoms with Crippen LogP contribution in [0.2, 0.25) is 0 Å². The van der Waals surface area contributed by atoms with E-state index in [1.165, 1.54) is 40.9 Å². The third-order valence-electron chi connectivity index (χ3n) is 9.07. The van der Waals surface area contributed by atoms with Crippen LogP contribution < -0.4 is 26.2 Å². The molecule has 0 saturated carbocycles. The average molecular weight is 569 g/mol. The van der Waals surface area contributed by atoms with Crippen LogP contribution in [0.1, 0.15) is 27.7 Å². The minimum absolute atomic E-state index is 0.397. The standard InChI is InChI=1S/C36H33BO2SSi/c1-35(2)36(3,4)39-37(38-35)26-14-13-19-29(24-26)41(27-15-7-5-8-16-27,28-17-9-6-10-18-28)30-22-23-34-32(25-30)31-20-11-12-21-33(31)40-34/h5-25H,1-4H3. The summed E-state index contributed by atoms with van der Waals surface area (Å²) < 4.78 is 15.7. The average Bonchev–Trinajstić information content (AvgIpc) is 3.47. The Labute approximate surface area is 247 Å². The first-order valence-electron chi connectivity index (χ1n) is 14.3. The monoisotopic (exact) mass is 568 g/mol. The predicted octanol–water partition coefficient (Wildman–Crippen LogP) is 5.73. The van der Waals surface area contributed by atoms with Crippen LogP contribution in [0.3, 0.4) is 0 Å². The third kappa shape index (κ3) is 4.22. The molecule has 0 amide bonds. The van der Waals surface area contributed by atoms with Crippen LogP contribution >= 0.6 is 11.3 Å². The van der Waals surface area contributed by atoms with E-state index >= 15 is 0 Å². The Hall–Kier alpha value is -3.48. The number of benzene rings is 5. The van der Waals surface area contributed by atoms with Gasteiger partial charge in [0.2, 0.25) is 0 Å². The molecule has 41 heavy (non-hydrogen) atoms. The molecule has 5 aromatic carbocycles. The van der Waals surface area contributed by atoms with Gasteiger partial charge in [0.05, 0.1) is 11.2 Å². The molecule has 0 atom stereocenters. The van der Waals surface area contributed by atoms with Crippen molar-refractivity contribution in [1.82, 2.24) is 0 Å². The maximum absolute atomic E-state index is 6.52. The lowest BCUT2D eigenvalue weighted by molar-refractivity contribution is 0.00578. The first-order chi connectivity index (χ1) is 19.8. The SMILES string of the molecule is CC1(C)OB(c2cccc([Si](c3ccccc3)(c3ccccc3)c3ccc4sc5ccccc5c4c3)c2)OC1(C)C. The van der Waals surface area contributed by atoms with Crippen molar-refractivity contribution in [2.45, 2.75) is 38.9 Å². The molecule has 0 radical (unpaired) electrons. The molecule has 1 aliphatic heterocycles. The van der Waals surface area contributed by atoms with Crippen molar-refractivity contribution < 1.29 is 9.31 Å². The topological polar surface area (TPSA) is 18.5 Å². The molecule has 1 saturated heterocycles. The highest BCUT2D eigenvalue weighted by atomic mass is 32.1. The predicted molar refractivity (Wildman–Crippen MR) is 179 cm³/mol. The summed E-state index contributed by atoms with van der Waals surface area (Å²) in [4.78, 5) is 0. The van der Waals surface area contributed by atoms with Crippen LogP contribution in [0, 0.1) is 0 Å². The van der Waals surface area contributed by atoms with Gasteiger partial charge in [-0.05, 0) is 66.0 Å². The van der Waals surface area contributed by atoms with Gasteiger partial charge in [0.1, 0.15) is 0 Å². The maximum atomic E-state index is 6.52. The second kappa shape index (κ2) is 9.81. The highest BCUT2D eigenvalue weighted by Crippen LogP contribution is 2.36. The number of hydrogen-bond donors (Lipinski definition) is 0. The number of rotatable bonds is 5. The van der Waals surface area contributed by atoms with Crippen LogP contribution in [-0.4, -0.2) is 26.4 Å². The Morgan fingerprint density at radius 3 is 1.71 bits per heavy atom. The minimum Gasteiger partial charge on any atom is -0.399 e. The Morgan fingerprint density at radius 2 is 1.05 bits per heavy atom. The zero-order valence-corrected chi connectivity index (χ0v) is 25.7. The molecule has 2 nitrogen and oxygen atoms in total.